The summed E-state index contributed by atoms with van der Waals surface area (Å²) < 4.78 is 33.4. The predicted molar refractivity (Wildman–Crippen MR) is 224 cm³/mol. The molecule has 0 aromatic rings. The van der Waals surface area contributed by atoms with Crippen molar-refractivity contribution in [2.24, 2.45) is 5.73 Å². The predicted octanol–water partition coefficient (Wildman–Crippen LogP) is 13.5. The van der Waals surface area contributed by atoms with Crippen LogP contribution < -0.4 is 5.73 Å². The molecule has 316 valence electrons. The number of ether oxygens (including phenoxy) is 2. The Morgan fingerprint density at radius 2 is 0.981 bits per heavy atom. The SMILES string of the molecule is CCC/C=C\CCCCCCCC(=O)OC(COCCCCCCCCCCCCCCCCCCCCCCCCCC)COP(=O)(O)OCCN. The molecule has 0 fully saturated rings. The first kappa shape index (κ1) is 52.2. The van der Waals surface area contributed by atoms with Crippen LogP contribution in [0.5, 0.6) is 0 Å². The maximum absolute atomic E-state index is 12.5. The number of unbranched alkanes of at least 4 members (excludes halogenated alkanes) is 29. The Morgan fingerprint density at radius 3 is 1.45 bits per heavy atom. The number of carbonyl (C=O) groups is 1. The summed E-state index contributed by atoms with van der Waals surface area (Å²) >= 11 is 0. The van der Waals surface area contributed by atoms with Crippen molar-refractivity contribution < 1.29 is 32.8 Å². The topological polar surface area (TPSA) is 117 Å². The summed E-state index contributed by atoms with van der Waals surface area (Å²) in [5.74, 6) is -0.338. The molecule has 0 aliphatic heterocycles. The molecule has 0 amide bonds. The van der Waals surface area contributed by atoms with Gasteiger partial charge in [0.25, 0.3) is 0 Å². The molecule has 0 heterocycles. The number of phosphoric acid groups is 1. The van der Waals surface area contributed by atoms with Crippen molar-refractivity contribution in [1.82, 2.24) is 0 Å². The normalized spacial score (nSPS) is 13.5. The van der Waals surface area contributed by atoms with Gasteiger partial charge in [0.15, 0.2) is 0 Å². The van der Waals surface area contributed by atoms with E-state index in [1.807, 2.05) is 0 Å². The molecular weight excluding hydrogens is 685 g/mol. The van der Waals surface area contributed by atoms with Gasteiger partial charge in [0.2, 0.25) is 0 Å². The third-order valence-corrected chi connectivity index (χ3v) is 10.9. The van der Waals surface area contributed by atoms with Gasteiger partial charge >= 0.3 is 13.8 Å². The molecule has 53 heavy (non-hydrogen) atoms. The zero-order valence-corrected chi connectivity index (χ0v) is 35.9. The molecule has 0 rings (SSSR count). The van der Waals surface area contributed by atoms with Crippen LogP contribution in [0.15, 0.2) is 12.2 Å². The van der Waals surface area contributed by atoms with E-state index in [0.717, 1.165) is 51.4 Å². The zero-order valence-electron chi connectivity index (χ0n) is 35.0. The van der Waals surface area contributed by atoms with Crippen LogP contribution in [0.1, 0.15) is 226 Å². The molecule has 3 N–H and O–H groups in total. The van der Waals surface area contributed by atoms with E-state index in [9.17, 15) is 14.3 Å². The summed E-state index contributed by atoms with van der Waals surface area (Å²) in [4.78, 5) is 22.4. The molecule has 8 nitrogen and oxygen atoms in total. The summed E-state index contributed by atoms with van der Waals surface area (Å²) in [5, 5.41) is 0. The molecule has 0 radical (unpaired) electrons. The fraction of sp³-hybridized carbons (Fsp3) is 0.932. The highest BCUT2D eigenvalue weighted by molar-refractivity contribution is 7.47. The highest BCUT2D eigenvalue weighted by Gasteiger charge is 2.25. The van der Waals surface area contributed by atoms with Crippen molar-refractivity contribution in [1.29, 1.82) is 0 Å². The fourth-order valence-electron chi connectivity index (χ4n) is 6.59. The van der Waals surface area contributed by atoms with Crippen LogP contribution in [0.3, 0.4) is 0 Å². The third-order valence-electron chi connectivity index (χ3n) is 9.91. The first-order chi connectivity index (χ1) is 25.9. The smallest absolute Gasteiger partial charge is 0.457 e. The lowest BCUT2D eigenvalue weighted by Crippen LogP contribution is -2.28. The average Bonchev–Trinajstić information content (AvgIpc) is 3.15. The summed E-state index contributed by atoms with van der Waals surface area (Å²) in [5.41, 5.74) is 5.36. The monoisotopic (exact) mass is 774 g/mol. The van der Waals surface area contributed by atoms with Crippen LogP contribution in [-0.4, -0.2) is 49.9 Å². The van der Waals surface area contributed by atoms with Crippen molar-refractivity contribution in [2.45, 2.75) is 232 Å². The quantitative estimate of drug-likeness (QED) is 0.0272. The van der Waals surface area contributed by atoms with Crippen molar-refractivity contribution in [3.8, 4) is 0 Å². The Labute approximate surface area is 328 Å². The van der Waals surface area contributed by atoms with E-state index in [1.165, 1.54) is 154 Å². The summed E-state index contributed by atoms with van der Waals surface area (Å²) in [6, 6.07) is 0. The first-order valence-electron chi connectivity index (χ1n) is 22.7. The molecule has 0 bridgehead atoms. The van der Waals surface area contributed by atoms with Crippen LogP contribution in [0.4, 0.5) is 0 Å². The second-order valence-electron chi connectivity index (χ2n) is 15.3. The van der Waals surface area contributed by atoms with Gasteiger partial charge in [-0.1, -0.05) is 199 Å². The number of esters is 1. The van der Waals surface area contributed by atoms with Gasteiger partial charge in [0, 0.05) is 19.6 Å². The minimum Gasteiger partial charge on any atom is -0.457 e. The Balaban J connectivity index is 3.82. The second-order valence-corrected chi connectivity index (χ2v) is 16.7. The number of rotatable bonds is 44. The average molecular weight is 774 g/mol. The van der Waals surface area contributed by atoms with Gasteiger partial charge in [-0.2, -0.15) is 0 Å². The minimum atomic E-state index is -4.27. The van der Waals surface area contributed by atoms with Gasteiger partial charge in [0.05, 0.1) is 19.8 Å². The van der Waals surface area contributed by atoms with Crippen LogP contribution >= 0.6 is 7.82 Å². The van der Waals surface area contributed by atoms with E-state index >= 15 is 0 Å². The number of hydrogen-bond acceptors (Lipinski definition) is 7. The van der Waals surface area contributed by atoms with Gasteiger partial charge in [-0.05, 0) is 32.1 Å². The Kier molecular flexibility index (Phi) is 41.8. The largest absolute Gasteiger partial charge is 0.472 e. The second kappa shape index (κ2) is 42.4. The molecule has 0 aromatic heterocycles. The fourth-order valence-corrected chi connectivity index (χ4v) is 7.35. The van der Waals surface area contributed by atoms with Crippen LogP contribution in [-0.2, 0) is 27.9 Å². The summed E-state index contributed by atoms with van der Waals surface area (Å²) in [6.07, 6.45) is 45.4. The van der Waals surface area contributed by atoms with Crippen LogP contribution in [0, 0.1) is 0 Å². The van der Waals surface area contributed by atoms with Gasteiger partial charge in [0.1, 0.15) is 6.10 Å². The molecule has 2 unspecified atom stereocenters. The van der Waals surface area contributed by atoms with Gasteiger partial charge < -0.3 is 20.1 Å². The maximum Gasteiger partial charge on any atom is 0.472 e. The lowest BCUT2D eigenvalue weighted by Gasteiger charge is -2.20. The van der Waals surface area contributed by atoms with Gasteiger partial charge in [-0.25, -0.2) is 4.57 Å². The summed E-state index contributed by atoms with van der Waals surface area (Å²) in [7, 11) is -4.27. The Bertz CT molecular complexity index is 828. The molecule has 0 saturated carbocycles. The minimum absolute atomic E-state index is 0.0939. The molecule has 9 heteroatoms. The standard InChI is InChI=1S/C44H88NO7P/c1-3-5-7-9-11-13-15-16-17-18-19-20-21-22-23-24-25-26-27-28-30-32-34-36-39-49-41-43(42-51-53(47,48)50-40-38-45)52-44(46)37-35-33-31-29-14-12-10-8-6-4-2/h8,10,43H,3-7,9,11-42,45H2,1-2H3,(H,47,48)/b10-8-. The van der Waals surface area contributed by atoms with E-state index in [-0.39, 0.29) is 32.3 Å². The lowest BCUT2D eigenvalue weighted by atomic mass is 10.0. The van der Waals surface area contributed by atoms with Crippen LogP contribution in [0.2, 0.25) is 0 Å². The van der Waals surface area contributed by atoms with E-state index in [1.54, 1.807) is 0 Å². The Morgan fingerprint density at radius 1 is 0.547 bits per heavy atom. The van der Waals surface area contributed by atoms with Crippen molar-refractivity contribution in [2.75, 3.05) is 33.0 Å². The third kappa shape index (κ3) is 42.2. The van der Waals surface area contributed by atoms with Crippen molar-refractivity contribution >= 4 is 13.8 Å². The zero-order chi connectivity index (χ0) is 38.8. The highest BCUT2D eigenvalue weighted by Crippen LogP contribution is 2.43. The number of allylic oxidation sites excluding steroid dienone is 2. The molecule has 2 atom stereocenters. The van der Waals surface area contributed by atoms with E-state index in [4.69, 9.17) is 24.3 Å². The number of hydrogen-bond donors (Lipinski definition) is 2. The number of nitrogens with two attached hydrogens (primary N) is 1. The maximum atomic E-state index is 12.5. The van der Waals surface area contributed by atoms with Gasteiger partial charge in [-0.15, -0.1) is 0 Å². The Hall–Kier alpha value is -0.760. The molecule has 0 aliphatic rings. The van der Waals surface area contributed by atoms with E-state index < -0.39 is 13.9 Å². The number of carbonyl (C=O) groups excluding carboxylic acids is 1. The molecule has 0 spiro atoms. The molecule has 0 aromatic carbocycles. The summed E-state index contributed by atoms with van der Waals surface area (Å²) in [6.45, 7) is 4.89. The molecule has 0 saturated heterocycles. The number of phosphoric ester groups is 1. The van der Waals surface area contributed by atoms with E-state index in [2.05, 4.69) is 26.0 Å². The van der Waals surface area contributed by atoms with Crippen molar-refractivity contribution in [3.05, 3.63) is 12.2 Å². The first-order valence-corrected chi connectivity index (χ1v) is 24.2. The van der Waals surface area contributed by atoms with Crippen LogP contribution in [0.25, 0.3) is 0 Å². The van der Waals surface area contributed by atoms with E-state index in [0.29, 0.717) is 13.0 Å². The van der Waals surface area contributed by atoms with Crippen molar-refractivity contribution in [3.63, 3.8) is 0 Å². The lowest BCUT2D eigenvalue weighted by molar-refractivity contribution is -0.154. The van der Waals surface area contributed by atoms with Gasteiger partial charge in [-0.3, -0.25) is 13.8 Å². The molecule has 0 aliphatic carbocycles. The highest BCUT2D eigenvalue weighted by atomic mass is 31.2. The molecular formula is C44H88NO7P.